The van der Waals surface area contributed by atoms with E-state index in [2.05, 4.69) is 57.8 Å². The number of aliphatic imine (C=N–C) groups is 1. The SMILES string of the molecule is C=CNc1cnc(N2CCC(CN3CCCC3)CC2)nc1C(N)=Nc1cc(C(=O)Nc2ccnc(C(C)(C)C)c2)ccc1C. The van der Waals surface area contributed by atoms with E-state index >= 15 is 0 Å². The summed E-state index contributed by atoms with van der Waals surface area (Å²) >= 11 is 0. The van der Waals surface area contributed by atoms with Gasteiger partial charge in [-0.1, -0.05) is 33.4 Å². The van der Waals surface area contributed by atoms with Crippen molar-refractivity contribution in [2.45, 2.75) is 58.8 Å². The van der Waals surface area contributed by atoms with Crippen molar-refractivity contribution < 1.29 is 4.79 Å². The molecule has 0 saturated carbocycles. The predicted molar refractivity (Wildman–Crippen MR) is 179 cm³/mol. The minimum Gasteiger partial charge on any atom is -0.382 e. The van der Waals surface area contributed by atoms with E-state index in [0.29, 0.717) is 40.2 Å². The molecule has 2 aliphatic rings. The number of aryl methyl sites for hydroxylation is 1. The van der Waals surface area contributed by atoms with Crippen LogP contribution >= 0.6 is 0 Å². The van der Waals surface area contributed by atoms with Gasteiger partial charge in [0, 0.05) is 48.2 Å². The number of hydrogen-bond acceptors (Lipinski definition) is 8. The average Bonchev–Trinajstić information content (AvgIpc) is 3.52. The number of aromatic nitrogens is 3. The maximum Gasteiger partial charge on any atom is 0.255 e. The molecule has 10 nitrogen and oxygen atoms in total. The fourth-order valence-corrected chi connectivity index (χ4v) is 5.76. The van der Waals surface area contributed by atoms with Gasteiger partial charge in [0.15, 0.2) is 5.84 Å². The molecule has 1 aromatic carbocycles. The van der Waals surface area contributed by atoms with Crippen molar-refractivity contribution >= 4 is 34.8 Å². The van der Waals surface area contributed by atoms with Gasteiger partial charge in [-0.15, -0.1) is 0 Å². The Morgan fingerprint density at radius 2 is 1.86 bits per heavy atom. The van der Waals surface area contributed by atoms with Gasteiger partial charge < -0.3 is 26.2 Å². The maximum absolute atomic E-state index is 13.2. The summed E-state index contributed by atoms with van der Waals surface area (Å²) in [6.07, 6.45) is 9.90. The van der Waals surface area contributed by atoms with Gasteiger partial charge in [-0.3, -0.25) is 9.78 Å². The van der Waals surface area contributed by atoms with Crippen LogP contribution in [0.1, 0.15) is 73.8 Å². The lowest BCUT2D eigenvalue weighted by molar-refractivity contribution is 0.102. The quantitative estimate of drug-likeness (QED) is 0.215. The van der Waals surface area contributed by atoms with E-state index in [0.717, 1.165) is 37.2 Å². The third kappa shape index (κ3) is 7.60. The first-order chi connectivity index (χ1) is 21.1. The number of nitrogens with one attached hydrogen (secondary N) is 2. The Hall–Kier alpha value is -4.31. The first kappa shape index (κ1) is 31.1. The number of piperidine rings is 1. The zero-order chi connectivity index (χ0) is 31.3. The summed E-state index contributed by atoms with van der Waals surface area (Å²) in [5, 5.41) is 6.08. The Balaban J connectivity index is 1.34. The molecule has 0 bridgehead atoms. The highest BCUT2D eigenvalue weighted by atomic mass is 16.1. The molecular weight excluding hydrogens is 550 g/mol. The van der Waals surface area contributed by atoms with Gasteiger partial charge in [0.1, 0.15) is 5.69 Å². The molecule has 1 amide bonds. The molecule has 4 heterocycles. The van der Waals surface area contributed by atoms with Crippen LogP contribution in [0, 0.1) is 12.8 Å². The molecule has 0 radical (unpaired) electrons. The lowest BCUT2D eigenvalue weighted by atomic mass is 9.91. The van der Waals surface area contributed by atoms with E-state index in [-0.39, 0.29) is 17.2 Å². The molecule has 4 N–H and O–H groups in total. The lowest BCUT2D eigenvalue weighted by Gasteiger charge is -2.34. The molecule has 10 heteroatoms. The van der Waals surface area contributed by atoms with E-state index < -0.39 is 0 Å². The second kappa shape index (κ2) is 13.5. The monoisotopic (exact) mass is 595 g/mol. The molecule has 3 aromatic rings. The smallest absolute Gasteiger partial charge is 0.255 e. The highest BCUT2D eigenvalue weighted by Gasteiger charge is 2.25. The third-order valence-corrected chi connectivity index (χ3v) is 8.39. The van der Waals surface area contributed by atoms with Crippen molar-refractivity contribution in [1.82, 2.24) is 19.9 Å². The molecule has 232 valence electrons. The first-order valence-electron chi connectivity index (χ1n) is 15.6. The van der Waals surface area contributed by atoms with Gasteiger partial charge in [0.05, 0.1) is 17.6 Å². The van der Waals surface area contributed by atoms with Crippen LogP contribution in [-0.2, 0) is 5.41 Å². The number of benzene rings is 1. The van der Waals surface area contributed by atoms with Gasteiger partial charge in [-0.2, -0.15) is 0 Å². The molecule has 2 saturated heterocycles. The number of likely N-dealkylation sites (tertiary alicyclic amines) is 1. The zero-order valence-electron chi connectivity index (χ0n) is 26.4. The van der Waals surface area contributed by atoms with E-state index in [9.17, 15) is 4.79 Å². The van der Waals surface area contributed by atoms with Gasteiger partial charge in [-0.25, -0.2) is 15.0 Å². The summed E-state index contributed by atoms with van der Waals surface area (Å²) in [6, 6.07) is 9.09. The normalized spacial score (nSPS) is 16.6. The zero-order valence-corrected chi connectivity index (χ0v) is 26.4. The number of carbonyl (C=O) groups excluding carboxylic acids is 1. The highest BCUT2D eigenvalue weighted by Crippen LogP contribution is 2.27. The Kier molecular flexibility index (Phi) is 9.58. The van der Waals surface area contributed by atoms with E-state index in [4.69, 9.17) is 15.7 Å². The fourth-order valence-electron chi connectivity index (χ4n) is 5.76. The molecule has 2 aromatic heterocycles. The van der Waals surface area contributed by atoms with Gasteiger partial charge in [-0.05, 0) is 87.6 Å². The van der Waals surface area contributed by atoms with Crippen LogP contribution in [-0.4, -0.2) is 64.3 Å². The van der Waals surface area contributed by atoms with Crippen LogP contribution in [0.3, 0.4) is 0 Å². The molecule has 0 unspecified atom stereocenters. The van der Waals surface area contributed by atoms with Gasteiger partial charge in [0.25, 0.3) is 5.91 Å². The van der Waals surface area contributed by atoms with Crippen LogP contribution in [0.4, 0.5) is 23.0 Å². The highest BCUT2D eigenvalue weighted by molar-refractivity contribution is 6.06. The Morgan fingerprint density at radius 1 is 1.11 bits per heavy atom. The minimum absolute atomic E-state index is 0.131. The van der Waals surface area contributed by atoms with Crippen LogP contribution in [0.25, 0.3) is 0 Å². The number of nitrogens with two attached hydrogens (primary N) is 1. The van der Waals surface area contributed by atoms with Crippen LogP contribution in [0.5, 0.6) is 0 Å². The minimum atomic E-state index is -0.238. The Labute approximate surface area is 260 Å². The summed E-state index contributed by atoms with van der Waals surface area (Å²) in [7, 11) is 0. The van der Waals surface area contributed by atoms with Crippen molar-refractivity contribution in [2.24, 2.45) is 16.6 Å². The summed E-state index contributed by atoms with van der Waals surface area (Å²) in [5.41, 5.74) is 11.1. The number of nitrogens with zero attached hydrogens (tertiary/aromatic N) is 6. The lowest BCUT2D eigenvalue weighted by Crippen LogP contribution is -2.39. The number of amides is 1. The van der Waals surface area contributed by atoms with Crippen molar-refractivity contribution in [1.29, 1.82) is 0 Å². The molecular formula is C34H45N9O. The Morgan fingerprint density at radius 3 is 2.57 bits per heavy atom. The molecule has 2 aliphatic heterocycles. The summed E-state index contributed by atoms with van der Waals surface area (Å²) < 4.78 is 0. The topological polar surface area (TPSA) is 125 Å². The Bertz CT molecular complexity index is 1510. The number of rotatable bonds is 9. The van der Waals surface area contributed by atoms with Crippen LogP contribution in [0.15, 0.2) is 60.5 Å². The van der Waals surface area contributed by atoms with E-state index in [1.165, 1.54) is 32.5 Å². The summed E-state index contributed by atoms with van der Waals surface area (Å²) in [4.78, 5) is 36.7. The van der Waals surface area contributed by atoms with Crippen molar-refractivity contribution in [2.75, 3.05) is 48.3 Å². The molecule has 0 spiro atoms. The number of carbonyl (C=O) groups is 1. The number of anilines is 3. The van der Waals surface area contributed by atoms with Crippen molar-refractivity contribution in [3.05, 3.63) is 78.0 Å². The second-order valence-corrected chi connectivity index (χ2v) is 12.9. The molecule has 0 aliphatic carbocycles. The van der Waals surface area contributed by atoms with Gasteiger partial charge >= 0.3 is 0 Å². The largest absolute Gasteiger partial charge is 0.382 e. The second-order valence-electron chi connectivity index (χ2n) is 12.9. The van der Waals surface area contributed by atoms with Crippen molar-refractivity contribution in [3.63, 3.8) is 0 Å². The molecule has 2 fully saturated rings. The van der Waals surface area contributed by atoms with Crippen molar-refractivity contribution in [3.8, 4) is 0 Å². The number of pyridine rings is 1. The van der Waals surface area contributed by atoms with E-state index in [1.807, 2.05) is 19.1 Å². The van der Waals surface area contributed by atoms with Gasteiger partial charge in [0.2, 0.25) is 5.95 Å². The first-order valence-corrected chi connectivity index (χ1v) is 15.6. The third-order valence-electron chi connectivity index (χ3n) is 8.39. The average molecular weight is 596 g/mol. The van der Waals surface area contributed by atoms with Crippen LogP contribution < -0.4 is 21.3 Å². The predicted octanol–water partition coefficient (Wildman–Crippen LogP) is 5.63. The van der Waals surface area contributed by atoms with E-state index in [1.54, 1.807) is 36.8 Å². The summed E-state index contributed by atoms with van der Waals surface area (Å²) in [5.74, 6) is 1.34. The molecule has 5 rings (SSSR count). The molecule has 0 atom stereocenters. The maximum atomic E-state index is 13.2. The van der Waals surface area contributed by atoms with Crippen LogP contribution in [0.2, 0.25) is 0 Å². The molecule has 44 heavy (non-hydrogen) atoms. The number of amidine groups is 1. The standard InChI is InChI=1S/C34H45N9O/c1-6-36-28-21-38-33(43-17-12-24(13-18-43)22-42-15-7-8-16-42)41-30(28)31(35)40-27-19-25(10-9-23(27)2)32(44)39-26-11-14-37-29(20-26)34(3,4)5/h6,9-11,14,19-21,24,36H,1,7-8,12-13,15-18,22H2,2-5H3,(H2,35,40)(H,37,39,44). The summed E-state index contributed by atoms with van der Waals surface area (Å²) in [6.45, 7) is 17.5. The number of hydrogen-bond donors (Lipinski definition) is 3. The fraction of sp³-hybridized carbons (Fsp3) is 0.441.